The lowest BCUT2D eigenvalue weighted by Gasteiger charge is -2.22. The van der Waals surface area contributed by atoms with Crippen molar-refractivity contribution >= 4 is 17.6 Å². The summed E-state index contributed by atoms with van der Waals surface area (Å²) in [7, 11) is 0. The molecule has 2 aromatic rings. The van der Waals surface area contributed by atoms with Crippen molar-refractivity contribution in [2.45, 2.75) is 20.3 Å². The first-order valence-corrected chi connectivity index (χ1v) is 8.09. The number of nitriles is 1. The van der Waals surface area contributed by atoms with Crippen molar-refractivity contribution < 1.29 is 18.7 Å². The molecule has 134 valence electrons. The summed E-state index contributed by atoms with van der Waals surface area (Å²) in [6.07, 6.45) is 0.139. The van der Waals surface area contributed by atoms with E-state index in [1.165, 1.54) is 23.1 Å². The van der Waals surface area contributed by atoms with Gasteiger partial charge in [-0.05, 0) is 49.2 Å². The second kappa shape index (κ2) is 8.77. The Morgan fingerprint density at radius 1 is 1.15 bits per heavy atom. The molecule has 0 aliphatic carbocycles. The van der Waals surface area contributed by atoms with Crippen LogP contribution in [0, 0.1) is 31.0 Å². The summed E-state index contributed by atoms with van der Waals surface area (Å²) in [5.41, 5.74) is 2.34. The number of nitrogens with zero attached hydrogens (tertiary/aromatic N) is 2. The standard InChI is InChI=1S/C20H19FN2O3/c1-14-10-15(2)12-16(11-14)23(9-5-8-22)19(24)13-26-20(25)17-6-3-4-7-18(17)21/h3-4,6-7,10-12H,5,9,13H2,1-2H3. The van der Waals surface area contributed by atoms with Gasteiger partial charge in [-0.3, -0.25) is 4.79 Å². The average molecular weight is 354 g/mol. The number of benzene rings is 2. The van der Waals surface area contributed by atoms with E-state index in [2.05, 4.69) is 0 Å². The summed E-state index contributed by atoms with van der Waals surface area (Å²) in [5.74, 6) is -2.09. The molecule has 0 fully saturated rings. The van der Waals surface area contributed by atoms with Crippen LogP contribution in [0.5, 0.6) is 0 Å². The van der Waals surface area contributed by atoms with E-state index in [0.717, 1.165) is 17.2 Å². The lowest BCUT2D eigenvalue weighted by molar-refractivity contribution is -0.121. The van der Waals surface area contributed by atoms with Crippen molar-refractivity contribution in [3.05, 3.63) is 65.0 Å². The summed E-state index contributed by atoms with van der Waals surface area (Å²) in [6, 6.07) is 13.0. The van der Waals surface area contributed by atoms with Crippen LogP contribution >= 0.6 is 0 Å². The van der Waals surface area contributed by atoms with Gasteiger partial charge in [0.25, 0.3) is 5.91 Å². The maximum atomic E-state index is 13.6. The summed E-state index contributed by atoms with van der Waals surface area (Å²) < 4.78 is 18.6. The van der Waals surface area contributed by atoms with E-state index in [9.17, 15) is 14.0 Å². The van der Waals surface area contributed by atoms with E-state index in [0.29, 0.717) is 5.69 Å². The molecule has 0 heterocycles. The van der Waals surface area contributed by atoms with Gasteiger partial charge in [0.05, 0.1) is 18.1 Å². The number of aryl methyl sites for hydroxylation is 2. The van der Waals surface area contributed by atoms with Crippen molar-refractivity contribution in [3.63, 3.8) is 0 Å². The highest BCUT2D eigenvalue weighted by molar-refractivity contribution is 5.97. The van der Waals surface area contributed by atoms with Gasteiger partial charge in [-0.1, -0.05) is 18.2 Å². The van der Waals surface area contributed by atoms with Crippen LogP contribution in [0.2, 0.25) is 0 Å². The molecule has 0 saturated heterocycles. The van der Waals surface area contributed by atoms with Gasteiger partial charge in [0.1, 0.15) is 5.82 Å². The van der Waals surface area contributed by atoms with Crippen LogP contribution in [-0.2, 0) is 9.53 Å². The van der Waals surface area contributed by atoms with Gasteiger partial charge in [-0.15, -0.1) is 0 Å². The number of halogens is 1. The van der Waals surface area contributed by atoms with Gasteiger partial charge in [0, 0.05) is 12.2 Å². The third-order valence-electron chi connectivity index (χ3n) is 3.69. The summed E-state index contributed by atoms with van der Waals surface area (Å²) >= 11 is 0. The number of carbonyl (C=O) groups excluding carboxylic acids is 2. The zero-order valence-electron chi connectivity index (χ0n) is 14.7. The molecule has 1 amide bonds. The zero-order chi connectivity index (χ0) is 19.1. The fourth-order valence-electron chi connectivity index (χ4n) is 2.58. The summed E-state index contributed by atoms with van der Waals surface area (Å²) in [4.78, 5) is 25.9. The number of amides is 1. The molecule has 26 heavy (non-hydrogen) atoms. The molecule has 2 rings (SSSR count). The molecule has 0 spiro atoms. The number of rotatable bonds is 6. The van der Waals surface area contributed by atoms with Crippen LogP contribution in [0.3, 0.4) is 0 Å². The Bertz CT molecular complexity index is 838. The highest BCUT2D eigenvalue weighted by Crippen LogP contribution is 2.19. The smallest absolute Gasteiger partial charge is 0.341 e. The Balaban J connectivity index is 2.13. The number of anilines is 1. The molecular weight excluding hydrogens is 335 g/mol. The lowest BCUT2D eigenvalue weighted by atomic mass is 10.1. The second-order valence-corrected chi connectivity index (χ2v) is 5.86. The maximum Gasteiger partial charge on any atom is 0.341 e. The molecule has 0 bridgehead atoms. The van der Waals surface area contributed by atoms with Crippen molar-refractivity contribution in [1.82, 2.24) is 0 Å². The van der Waals surface area contributed by atoms with Crippen LogP contribution in [0.4, 0.5) is 10.1 Å². The second-order valence-electron chi connectivity index (χ2n) is 5.86. The first-order chi connectivity index (χ1) is 12.4. The molecule has 5 nitrogen and oxygen atoms in total. The van der Waals surface area contributed by atoms with Gasteiger partial charge < -0.3 is 9.64 Å². The molecule has 0 atom stereocenters. The SMILES string of the molecule is Cc1cc(C)cc(N(CCC#N)C(=O)COC(=O)c2ccccc2F)c1. The van der Waals surface area contributed by atoms with Gasteiger partial charge in [0.15, 0.2) is 6.61 Å². The molecule has 0 aromatic heterocycles. The lowest BCUT2D eigenvalue weighted by Crippen LogP contribution is -2.35. The van der Waals surface area contributed by atoms with E-state index in [4.69, 9.17) is 10.00 Å². The van der Waals surface area contributed by atoms with Crippen LogP contribution in [0.1, 0.15) is 27.9 Å². The van der Waals surface area contributed by atoms with E-state index in [1.807, 2.05) is 38.1 Å². The minimum atomic E-state index is -0.905. The Morgan fingerprint density at radius 3 is 2.42 bits per heavy atom. The van der Waals surface area contributed by atoms with Gasteiger partial charge >= 0.3 is 5.97 Å². The van der Waals surface area contributed by atoms with E-state index >= 15 is 0 Å². The first kappa shape index (κ1) is 19.1. The van der Waals surface area contributed by atoms with Gasteiger partial charge in [0.2, 0.25) is 0 Å². The van der Waals surface area contributed by atoms with Crippen molar-refractivity contribution in [2.75, 3.05) is 18.1 Å². The number of hydrogen-bond acceptors (Lipinski definition) is 4. The molecule has 6 heteroatoms. The minimum Gasteiger partial charge on any atom is -0.452 e. The first-order valence-electron chi connectivity index (χ1n) is 8.09. The zero-order valence-corrected chi connectivity index (χ0v) is 14.7. The third-order valence-corrected chi connectivity index (χ3v) is 3.69. The molecule has 0 N–H and O–H groups in total. The van der Waals surface area contributed by atoms with Crippen molar-refractivity contribution in [3.8, 4) is 6.07 Å². The number of ether oxygens (including phenoxy) is 1. The monoisotopic (exact) mass is 354 g/mol. The Hall–Kier alpha value is -3.20. The van der Waals surface area contributed by atoms with Crippen molar-refractivity contribution in [1.29, 1.82) is 5.26 Å². The number of carbonyl (C=O) groups is 2. The molecule has 2 aromatic carbocycles. The van der Waals surface area contributed by atoms with E-state index < -0.39 is 24.3 Å². The third kappa shape index (κ3) is 4.90. The van der Waals surface area contributed by atoms with Crippen LogP contribution < -0.4 is 4.90 Å². The average Bonchev–Trinajstić information content (AvgIpc) is 2.59. The molecule has 0 radical (unpaired) electrons. The highest BCUT2D eigenvalue weighted by atomic mass is 19.1. The highest BCUT2D eigenvalue weighted by Gasteiger charge is 2.20. The molecule has 0 aliphatic rings. The Labute approximate surface area is 151 Å². The predicted octanol–water partition coefficient (Wildman–Crippen LogP) is 3.55. The number of hydrogen-bond donors (Lipinski definition) is 0. The van der Waals surface area contributed by atoms with E-state index in [-0.39, 0.29) is 18.5 Å². The van der Waals surface area contributed by atoms with Crippen LogP contribution in [0.25, 0.3) is 0 Å². The van der Waals surface area contributed by atoms with E-state index in [1.54, 1.807) is 0 Å². The number of esters is 1. The summed E-state index contributed by atoms with van der Waals surface area (Å²) in [6.45, 7) is 3.45. The minimum absolute atomic E-state index is 0.139. The molecule has 0 unspecified atom stereocenters. The topological polar surface area (TPSA) is 70.4 Å². The Morgan fingerprint density at radius 2 is 1.81 bits per heavy atom. The predicted molar refractivity (Wildman–Crippen MR) is 95.2 cm³/mol. The fraction of sp³-hybridized carbons (Fsp3) is 0.250. The van der Waals surface area contributed by atoms with Crippen LogP contribution in [-0.4, -0.2) is 25.0 Å². The van der Waals surface area contributed by atoms with Crippen molar-refractivity contribution in [2.24, 2.45) is 0 Å². The summed E-state index contributed by atoms with van der Waals surface area (Å²) in [5, 5.41) is 8.84. The van der Waals surface area contributed by atoms with Gasteiger partial charge in [-0.25, -0.2) is 9.18 Å². The fourth-order valence-corrected chi connectivity index (χ4v) is 2.58. The quantitative estimate of drug-likeness (QED) is 0.744. The Kier molecular flexibility index (Phi) is 6.45. The van der Waals surface area contributed by atoms with Gasteiger partial charge in [-0.2, -0.15) is 5.26 Å². The maximum absolute atomic E-state index is 13.6. The largest absolute Gasteiger partial charge is 0.452 e. The molecule has 0 aliphatic heterocycles. The molecule has 0 saturated carbocycles. The normalized spacial score (nSPS) is 10.1. The van der Waals surface area contributed by atoms with Crippen LogP contribution in [0.15, 0.2) is 42.5 Å². The molecular formula is C20H19FN2O3.